The summed E-state index contributed by atoms with van der Waals surface area (Å²) in [5, 5.41) is 14.5. The van der Waals surface area contributed by atoms with Gasteiger partial charge in [0.1, 0.15) is 5.03 Å². The average molecular weight is 377 g/mol. The lowest BCUT2D eigenvalue weighted by atomic mass is 10.2. The molecule has 7 heteroatoms. The molecule has 25 heavy (non-hydrogen) atoms. The summed E-state index contributed by atoms with van der Waals surface area (Å²) in [6.45, 7) is 2.28. The molecule has 5 nitrogen and oxygen atoms in total. The first kappa shape index (κ1) is 17.3. The Balaban J connectivity index is 1.87. The second-order valence-electron chi connectivity index (χ2n) is 5.09. The number of aromatic nitrogens is 2. The van der Waals surface area contributed by atoms with Crippen molar-refractivity contribution < 1.29 is 14.4 Å². The molecule has 0 fully saturated rings. The summed E-state index contributed by atoms with van der Waals surface area (Å²) in [7, 11) is 0. The van der Waals surface area contributed by atoms with Crippen molar-refractivity contribution in [1.29, 1.82) is 0 Å². The van der Waals surface area contributed by atoms with Crippen LogP contribution in [0.2, 0.25) is 5.02 Å². The van der Waals surface area contributed by atoms with Crippen LogP contribution in [0.5, 0.6) is 11.5 Å². The molecule has 128 valence electrons. The highest BCUT2D eigenvalue weighted by Crippen LogP contribution is 2.30. The third-order valence-electron chi connectivity index (χ3n) is 3.29. The fraction of sp³-hybridized carbons (Fsp3) is 0.111. The molecule has 0 unspecified atom stereocenters. The number of phenolic OH excluding ortho intramolecular Hbond substituents is 1. The van der Waals surface area contributed by atoms with Crippen LogP contribution in [0.15, 0.2) is 47.0 Å². The van der Waals surface area contributed by atoms with E-state index in [-0.39, 0.29) is 16.7 Å². The second-order valence-corrected chi connectivity index (χ2v) is 5.93. The molecule has 1 N–H and O–H groups in total. The van der Waals surface area contributed by atoms with Crippen LogP contribution in [0.1, 0.15) is 18.4 Å². The minimum atomic E-state index is 0.0659. The molecule has 0 aliphatic heterocycles. The van der Waals surface area contributed by atoms with Gasteiger partial charge >= 0.3 is 0 Å². The molecule has 3 aromatic rings. The van der Waals surface area contributed by atoms with Crippen LogP contribution in [0.4, 0.5) is 0 Å². The highest BCUT2D eigenvalue weighted by Gasteiger charge is 2.12. The van der Waals surface area contributed by atoms with E-state index >= 15 is 0 Å². The first-order chi connectivity index (χ1) is 12.1. The number of hydrogen-bond acceptors (Lipinski definition) is 5. The second kappa shape index (κ2) is 7.59. The lowest BCUT2D eigenvalue weighted by molar-refractivity contribution is 0.318. The third-order valence-corrected chi connectivity index (χ3v) is 3.80. The maximum atomic E-state index is 9.74. The number of halogens is 2. The minimum absolute atomic E-state index is 0.0659. The van der Waals surface area contributed by atoms with Crippen LogP contribution in [0.25, 0.3) is 22.5 Å². The monoisotopic (exact) mass is 376 g/mol. The summed E-state index contributed by atoms with van der Waals surface area (Å²) in [6.07, 6.45) is 1.65. The van der Waals surface area contributed by atoms with Crippen molar-refractivity contribution in [3.05, 3.63) is 58.9 Å². The maximum Gasteiger partial charge on any atom is 0.269 e. The molecule has 0 amide bonds. The highest BCUT2D eigenvalue weighted by molar-refractivity contribution is 6.50. The number of benzene rings is 2. The van der Waals surface area contributed by atoms with E-state index < -0.39 is 0 Å². The zero-order valence-electron chi connectivity index (χ0n) is 13.2. The van der Waals surface area contributed by atoms with E-state index in [1.807, 2.05) is 13.0 Å². The third kappa shape index (κ3) is 4.13. The Labute approximate surface area is 154 Å². The first-order valence-corrected chi connectivity index (χ1v) is 8.25. The van der Waals surface area contributed by atoms with Crippen LogP contribution in [0, 0.1) is 0 Å². The van der Waals surface area contributed by atoms with Gasteiger partial charge in [0, 0.05) is 10.6 Å². The molecule has 0 saturated heterocycles. The van der Waals surface area contributed by atoms with E-state index in [1.165, 1.54) is 6.07 Å². The predicted molar refractivity (Wildman–Crippen MR) is 97.7 cm³/mol. The molecular formula is C18H14Cl2N2O3. The predicted octanol–water partition coefficient (Wildman–Crippen LogP) is 5.23. The number of phenols is 1. The van der Waals surface area contributed by atoms with Crippen LogP contribution >= 0.6 is 23.2 Å². The number of nitrogens with zero attached hydrogens (tertiary/aromatic N) is 2. The van der Waals surface area contributed by atoms with Gasteiger partial charge in [-0.05, 0) is 42.8 Å². The van der Waals surface area contributed by atoms with Crippen LogP contribution in [-0.4, -0.2) is 21.9 Å². The average Bonchev–Trinajstić information content (AvgIpc) is 3.08. The SMILES string of the molecule is CCOc1cc(/C=C(\Cl)c2nc(-c3cccc(Cl)c3)no2)ccc1O. The number of ether oxygens (including phenoxy) is 1. The number of aromatic hydroxyl groups is 1. The molecule has 0 saturated carbocycles. The Bertz CT molecular complexity index is 922. The summed E-state index contributed by atoms with van der Waals surface area (Å²) < 4.78 is 10.6. The Hall–Kier alpha value is -2.50. The molecule has 2 aromatic carbocycles. The van der Waals surface area contributed by atoms with Crippen LogP contribution < -0.4 is 4.74 Å². The van der Waals surface area contributed by atoms with Gasteiger partial charge in [-0.2, -0.15) is 4.98 Å². The summed E-state index contributed by atoms with van der Waals surface area (Å²) in [6, 6.07) is 12.0. The Kier molecular flexibility index (Phi) is 5.26. The van der Waals surface area contributed by atoms with Crippen LogP contribution in [-0.2, 0) is 0 Å². The Morgan fingerprint density at radius 1 is 1.28 bits per heavy atom. The smallest absolute Gasteiger partial charge is 0.269 e. The van der Waals surface area contributed by atoms with Crippen molar-refractivity contribution in [1.82, 2.24) is 10.1 Å². The molecule has 3 rings (SSSR count). The van der Waals surface area contributed by atoms with Crippen molar-refractivity contribution in [2.75, 3.05) is 6.61 Å². The van der Waals surface area contributed by atoms with Gasteiger partial charge in [0.05, 0.1) is 6.61 Å². The Morgan fingerprint density at radius 2 is 2.12 bits per heavy atom. The number of hydrogen-bond donors (Lipinski definition) is 1. The molecular weight excluding hydrogens is 363 g/mol. The topological polar surface area (TPSA) is 68.4 Å². The van der Waals surface area contributed by atoms with E-state index in [2.05, 4.69) is 10.1 Å². The zero-order chi connectivity index (χ0) is 17.8. The lowest BCUT2D eigenvalue weighted by Gasteiger charge is -2.06. The van der Waals surface area contributed by atoms with Gasteiger partial charge in [0.15, 0.2) is 11.5 Å². The van der Waals surface area contributed by atoms with Crippen molar-refractivity contribution in [3.8, 4) is 22.9 Å². The van der Waals surface area contributed by atoms with Crippen molar-refractivity contribution in [2.45, 2.75) is 6.92 Å². The number of rotatable bonds is 5. The maximum absolute atomic E-state index is 9.74. The molecule has 1 aromatic heterocycles. The molecule has 0 aliphatic rings. The van der Waals surface area contributed by atoms with Gasteiger partial charge in [0.25, 0.3) is 5.89 Å². The molecule has 0 atom stereocenters. The van der Waals surface area contributed by atoms with Crippen LogP contribution in [0.3, 0.4) is 0 Å². The van der Waals surface area contributed by atoms with E-state index in [0.717, 1.165) is 11.1 Å². The Morgan fingerprint density at radius 3 is 2.88 bits per heavy atom. The summed E-state index contributed by atoms with van der Waals surface area (Å²) in [5.41, 5.74) is 1.46. The summed E-state index contributed by atoms with van der Waals surface area (Å²) >= 11 is 12.2. The van der Waals surface area contributed by atoms with Gasteiger partial charge in [-0.1, -0.05) is 46.6 Å². The molecule has 1 heterocycles. The molecule has 0 radical (unpaired) electrons. The fourth-order valence-electron chi connectivity index (χ4n) is 2.16. The van der Waals surface area contributed by atoms with Gasteiger partial charge in [-0.3, -0.25) is 0 Å². The zero-order valence-corrected chi connectivity index (χ0v) is 14.8. The van der Waals surface area contributed by atoms with Crippen molar-refractivity contribution in [2.24, 2.45) is 0 Å². The van der Waals surface area contributed by atoms with E-state index in [0.29, 0.717) is 23.2 Å². The van der Waals surface area contributed by atoms with Crippen molar-refractivity contribution in [3.63, 3.8) is 0 Å². The standard InChI is InChI=1S/C18H14Cl2N2O3/c1-2-24-16-9-11(6-7-15(16)23)8-14(20)18-21-17(22-25-18)12-4-3-5-13(19)10-12/h3-10,23H,2H2,1H3/b14-8-. The van der Waals surface area contributed by atoms with E-state index in [1.54, 1.807) is 36.4 Å². The normalized spacial score (nSPS) is 11.6. The van der Waals surface area contributed by atoms with E-state index in [9.17, 15) is 5.11 Å². The van der Waals surface area contributed by atoms with Gasteiger partial charge in [-0.25, -0.2) is 0 Å². The molecule has 0 bridgehead atoms. The van der Waals surface area contributed by atoms with Gasteiger partial charge < -0.3 is 14.4 Å². The highest BCUT2D eigenvalue weighted by atomic mass is 35.5. The fourth-order valence-corrected chi connectivity index (χ4v) is 2.56. The minimum Gasteiger partial charge on any atom is -0.504 e. The first-order valence-electron chi connectivity index (χ1n) is 7.50. The van der Waals surface area contributed by atoms with Gasteiger partial charge in [0.2, 0.25) is 5.82 Å². The molecule has 0 spiro atoms. The molecule has 0 aliphatic carbocycles. The lowest BCUT2D eigenvalue weighted by Crippen LogP contribution is -1.92. The summed E-state index contributed by atoms with van der Waals surface area (Å²) in [5.74, 6) is 1.02. The van der Waals surface area contributed by atoms with Crippen molar-refractivity contribution >= 4 is 34.3 Å². The van der Waals surface area contributed by atoms with Gasteiger partial charge in [-0.15, -0.1) is 0 Å². The quantitative estimate of drug-likeness (QED) is 0.659. The summed E-state index contributed by atoms with van der Waals surface area (Å²) in [4.78, 5) is 4.28. The van der Waals surface area contributed by atoms with E-state index in [4.69, 9.17) is 32.5 Å². The largest absolute Gasteiger partial charge is 0.504 e.